The van der Waals surface area contributed by atoms with E-state index in [4.69, 9.17) is 0 Å². The minimum Gasteiger partial charge on any atom is -0.316 e. The van der Waals surface area contributed by atoms with Crippen molar-refractivity contribution in [2.24, 2.45) is 0 Å². The molecule has 2 aromatic rings. The summed E-state index contributed by atoms with van der Waals surface area (Å²) in [5.41, 5.74) is 2.80. The van der Waals surface area contributed by atoms with Crippen molar-refractivity contribution >= 4 is 11.3 Å². The van der Waals surface area contributed by atoms with Crippen LogP contribution in [0.5, 0.6) is 0 Å². The Morgan fingerprint density at radius 3 is 2.69 bits per heavy atom. The summed E-state index contributed by atoms with van der Waals surface area (Å²) in [6.07, 6.45) is 0. The van der Waals surface area contributed by atoms with Crippen LogP contribution in [0.4, 0.5) is 4.39 Å². The van der Waals surface area contributed by atoms with Gasteiger partial charge in [-0.3, -0.25) is 0 Å². The van der Waals surface area contributed by atoms with Crippen LogP contribution in [0.15, 0.2) is 29.6 Å². The van der Waals surface area contributed by atoms with Gasteiger partial charge in [0.05, 0.1) is 0 Å². The van der Waals surface area contributed by atoms with Crippen molar-refractivity contribution < 1.29 is 4.39 Å². The molecule has 1 aromatic carbocycles. The molecule has 1 N–H and O–H groups in total. The average Bonchev–Trinajstić information content (AvgIpc) is 2.68. The van der Waals surface area contributed by atoms with E-state index >= 15 is 0 Å². The van der Waals surface area contributed by atoms with Gasteiger partial charge in [-0.15, -0.1) is 11.3 Å². The largest absolute Gasteiger partial charge is 0.316 e. The maximum Gasteiger partial charge on any atom is 0.131 e. The lowest BCUT2D eigenvalue weighted by Gasteiger charge is -2.06. The fraction of sp³-hybridized carbons (Fsp3) is 0.231. The summed E-state index contributed by atoms with van der Waals surface area (Å²) in [6, 6.07) is 7.25. The Hall–Kier alpha value is -1.19. The highest BCUT2D eigenvalue weighted by Gasteiger charge is 2.09. The Labute approximate surface area is 98.9 Å². The zero-order valence-corrected chi connectivity index (χ0v) is 10.2. The molecule has 2 rings (SSSR count). The quantitative estimate of drug-likeness (QED) is 0.857. The van der Waals surface area contributed by atoms with Crippen LogP contribution >= 0.6 is 11.3 Å². The van der Waals surface area contributed by atoms with Gasteiger partial charge in [-0.1, -0.05) is 6.07 Å². The van der Waals surface area contributed by atoms with Crippen LogP contribution < -0.4 is 5.32 Å². The summed E-state index contributed by atoms with van der Waals surface area (Å²) in [4.78, 5) is 1.15. The molecule has 0 bridgehead atoms. The van der Waals surface area contributed by atoms with Crippen LogP contribution in [0.1, 0.15) is 10.4 Å². The van der Waals surface area contributed by atoms with E-state index in [1.807, 2.05) is 37.6 Å². The molecule has 16 heavy (non-hydrogen) atoms. The van der Waals surface area contributed by atoms with Gasteiger partial charge in [-0.2, -0.15) is 0 Å². The highest BCUT2D eigenvalue weighted by molar-refractivity contribution is 7.10. The highest BCUT2D eigenvalue weighted by atomic mass is 32.1. The second-order valence-corrected chi connectivity index (χ2v) is 4.86. The molecule has 0 saturated carbocycles. The normalized spacial score (nSPS) is 10.7. The van der Waals surface area contributed by atoms with Crippen molar-refractivity contribution in [1.82, 2.24) is 5.32 Å². The van der Waals surface area contributed by atoms with Gasteiger partial charge in [0.1, 0.15) is 5.82 Å². The average molecular weight is 235 g/mol. The van der Waals surface area contributed by atoms with E-state index in [-0.39, 0.29) is 5.82 Å². The van der Waals surface area contributed by atoms with Gasteiger partial charge in [-0.05, 0) is 48.7 Å². The maximum atomic E-state index is 13.7. The molecule has 0 saturated heterocycles. The number of hydrogen-bond donors (Lipinski definition) is 1. The molecule has 3 heteroatoms. The van der Waals surface area contributed by atoms with Crippen molar-refractivity contribution in [2.45, 2.75) is 13.5 Å². The minimum absolute atomic E-state index is 0.152. The monoisotopic (exact) mass is 235 g/mol. The van der Waals surface area contributed by atoms with Gasteiger partial charge in [-0.25, -0.2) is 4.39 Å². The summed E-state index contributed by atoms with van der Waals surface area (Å²) >= 11 is 1.64. The topological polar surface area (TPSA) is 12.0 Å². The van der Waals surface area contributed by atoms with Crippen molar-refractivity contribution in [3.63, 3.8) is 0 Å². The van der Waals surface area contributed by atoms with Gasteiger partial charge in [0.15, 0.2) is 0 Å². The van der Waals surface area contributed by atoms with Crippen LogP contribution in [0, 0.1) is 12.7 Å². The number of nitrogens with one attached hydrogen (secondary N) is 1. The smallest absolute Gasteiger partial charge is 0.131 e. The molecule has 0 aliphatic heterocycles. The molecule has 1 aromatic heterocycles. The molecule has 0 radical (unpaired) electrons. The Balaban J connectivity index is 2.47. The van der Waals surface area contributed by atoms with E-state index in [9.17, 15) is 4.39 Å². The third-order valence-corrected chi connectivity index (χ3v) is 3.41. The lowest BCUT2D eigenvalue weighted by Crippen LogP contribution is -2.05. The minimum atomic E-state index is -0.152. The van der Waals surface area contributed by atoms with Gasteiger partial charge < -0.3 is 5.32 Å². The fourth-order valence-electron chi connectivity index (χ4n) is 1.76. The Kier molecular flexibility index (Phi) is 3.36. The second-order valence-electron chi connectivity index (χ2n) is 3.73. The number of hydrogen-bond acceptors (Lipinski definition) is 2. The molecule has 0 amide bonds. The summed E-state index contributed by atoms with van der Waals surface area (Å²) in [5, 5.41) is 5.07. The van der Waals surface area contributed by atoms with Crippen LogP contribution in [0.3, 0.4) is 0 Å². The maximum absolute atomic E-state index is 13.7. The SMILES string of the molecule is CNCc1ccc(F)c(-c2ccsc2C)c1. The predicted octanol–water partition coefficient (Wildman–Crippen LogP) is 3.58. The van der Waals surface area contributed by atoms with Crippen molar-refractivity contribution in [3.8, 4) is 11.1 Å². The molecule has 0 fully saturated rings. The number of aryl methyl sites for hydroxylation is 1. The Morgan fingerprint density at radius 2 is 2.06 bits per heavy atom. The first-order valence-electron chi connectivity index (χ1n) is 5.20. The van der Waals surface area contributed by atoms with Crippen molar-refractivity contribution in [1.29, 1.82) is 0 Å². The second kappa shape index (κ2) is 4.76. The van der Waals surface area contributed by atoms with E-state index in [1.165, 1.54) is 0 Å². The van der Waals surface area contributed by atoms with Gasteiger partial charge >= 0.3 is 0 Å². The van der Waals surface area contributed by atoms with E-state index < -0.39 is 0 Å². The Bertz CT molecular complexity index is 490. The first kappa shape index (κ1) is 11.3. The summed E-state index contributed by atoms with van der Waals surface area (Å²) in [5.74, 6) is -0.152. The first-order chi connectivity index (χ1) is 7.72. The van der Waals surface area contributed by atoms with Gasteiger partial charge in [0, 0.05) is 17.0 Å². The summed E-state index contributed by atoms with van der Waals surface area (Å²) < 4.78 is 13.7. The number of benzene rings is 1. The molecule has 0 aliphatic rings. The lowest BCUT2D eigenvalue weighted by atomic mass is 10.0. The zero-order chi connectivity index (χ0) is 11.5. The summed E-state index contributed by atoms with van der Waals surface area (Å²) in [7, 11) is 1.89. The lowest BCUT2D eigenvalue weighted by molar-refractivity contribution is 0.630. The van der Waals surface area contributed by atoms with Gasteiger partial charge in [0.25, 0.3) is 0 Å². The number of rotatable bonds is 3. The van der Waals surface area contributed by atoms with Crippen LogP contribution in [0.25, 0.3) is 11.1 Å². The first-order valence-corrected chi connectivity index (χ1v) is 6.08. The van der Waals surface area contributed by atoms with E-state index in [1.54, 1.807) is 17.4 Å². The molecular formula is C13H14FNS. The molecule has 1 nitrogen and oxygen atoms in total. The summed E-state index contributed by atoms with van der Waals surface area (Å²) in [6.45, 7) is 2.78. The third kappa shape index (κ3) is 2.15. The fourth-order valence-corrected chi connectivity index (χ4v) is 2.47. The predicted molar refractivity (Wildman–Crippen MR) is 67.2 cm³/mol. The number of thiophene rings is 1. The van der Waals surface area contributed by atoms with Gasteiger partial charge in [0.2, 0.25) is 0 Å². The van der Waals surface area contributed by atoms with E-state index in [0.29, 0.717) is 5.56 Å². The standard InChI is InChI=1S/C13H14FNS/c1-9-11(5-6-16-9)12-7-10(8-15-2)3-4-13(12)14/h3-7,15H,8H2,1-2H3. The van der Waals surface area contributed by atoms with E-state index in [0.717, 1.165) is 22.5 Å². The van der Waals surface area contributed by atoms with Crippen molar-refractivity contribution in [2.75, 3.05) is 7.05 Å². The zero-order valence-electron chi connectivity index (χ0n) is 9.38. The molecule has 0 aliphatic carbocycles. The molecule has 0 unspecified atom stereocenters. The molecule has 0 atom stereocenters. The molecular weight excluding hydrogens is 221 g/mol. The molecule has 0 spiro atoms. The third-order valence-electron chi connectivity index (χ3n) is 2.56. The van der Waals surface area contributed by atoms with Crippen LogP contribution in [-0.4, -0.2) is 7.05 Å². The Morgan fingerprint density at radius 1 is 1.25 bits per heavy atom. The van der Waals surface area contributed by atoms with Crippen LogP contribution in [-0.2, 0) is 6.54 Å². The highest BCUT2D eigenvalue weighted by Crippen LogP contribution is 2.30. The number of halogens is 1. The molecule has 84 valence electrons. The van der Waals surface area contributed by atoms with E-state index in [2.05, 4.69) is 5.32 Å². The van der Waals surface area contributed by atoms with Crippen LogP contribution in [0.2, 0.25) is 0 Å². The van der Waals surface area contributed by atoms with Crippen molar-refractivity contribution in [3.05, 3.63) is 45.9 Å². The molecule has 1 heterocycles.